The molecular formula is C10H16O6. The third-order valence-electron chi connectivity index (χ3n) is 2.26. The van der Waals surface area contributed by atoms with Crippen molar-refractivity contribution in [2.75, 3.05) is 20.8 Å². The van der Waals surface area contributed by atoms with Gasteiger partial charge in [-0.3, -0.25) is 0 Å². The Balaban J connectivity index is 2.54. The highest BCUT2D eigenvalue weighted by Gasteiger charge is 2.33. The van der Waals surface area contributed by atoms with Crippen LogP contribution in [0.25, 0.3) is 0 Å². The summed E-state index contributed by atoms with van der Waals surface area (Å²) in [6.07, 6.45) is 0.653. The third-order valence-corrected chi connectivity index (χ3v) is 2.26. The van der Waals surface area contributed by atoms with Gasteiger partial charge in [0.2, 0.25) is 0 Å². The highest BCUT2D eigenvalue weighted by molar-refractivity contribution is 5.97. The molecule has 1 fully saturated rings. The highest BCUT2D eigenvalue weighted by atomic mass is 16.7. The minimum Gasteiger partial charge on any atom is -0.467 e. The molecule has 0 saturated carbocycles. The van der Waals surface area contributed by atoms with Gasteiger partial charge in [-0.25, -0.2) is 9.59 Å². The Morgan fingerprint density at radius 1 is 1.19 bits per heavy atom. The Hall–Kier alpha value is -1.14. The number of carbonyl (C=O) groups excluding carboxylic acids is 2. The molecule has 6 nitrogen and oxygen atoms in total. The maximum Gasteiger partial charge on any atom is 0.346 e. The first kappa shape index (κ1) is 12.9. The van der Waals surface area contributed by atoms with Crippen LogP contribution >= 0.6 is 0 Å². The Kier molecular flexibility index (Phi) is 5.21. The minimum atomic E-state index is -1.36. The maximum absolute atomic E-state index is 11.3. The zero-order valence-corrected chi connectivity index (χ0v) is 9.43. The molecule has 1 rings (SSSR count). The van der Waals surface area contributed by atoms with Crippen molar-refractivity contribution < 1.29 is 28.5 Å². The number of esters is 2. The van der Waals surface area contributed by atoms with Crippen molar-refractivity contribution in [3.8, 4) is 0 Å². The van der Waals surface area contributed by atoms with Crippen molar-refractivity contribution in [2.45, 2.75) is 31.7 Å². The molecule has 1 heterocycles. The number of ether oxygens (including phenoxy) is 4. The first-order valence-corrected chi connectivity index (χ1v) is 5.11. The van der Waals surface area contributed by atoms with E-state index in [0.29, 0.717) is 13.0 Å². The van der Waals surface area contributed by atoms with Gasteiger partial charge in [0.25, 0.3) is 6.10 Å². The summed E-state index contributed by atoms with van der Waals surface area (Å²) in [6, 6.07) is 0. The van der Waals surface area contributed by atoms with E-state index in [-0.39, 0.29) is 0 Å². The monoisotopic (exact) mass is 232 g/mol. The summed E-state index contributed by atoms with van der Waals surface area (Å²) in [5.74, 6) is -1.55. The molecule has 1 atom stereocenters. The summed E-state index contributed by atoms with van der Waals surface area (Å²) < 4.78 is 19.4. The fourth-order valence-electron chi connectivity index (χ4n) is 1.39. The average Bonchev–Trinajstić information content (AvgIpc) is 2.35. The van der Waals surface area contributed by atoms with Crippen LogP contribution in [0.3, 0.4) is 0 Å². The second-order valence-electron chi connectivity index (χ2n) is 3.36. The molecule has 0 amide bonds. The van der Waals surface area contributed by atoms with Crippen molar-refractivity contribution in [3.05, 3.63) is 0 Å². The van der Waals surface area contributed by atoms with E-state index in [1.165, 1.54) is 14.2 Å². The number of hydrogen-bond donors (Lipinski definition) is 0. The van der Waals surface area contributed by atoms with Crippen LogP contribution in [-0.4, -0.2) is 45.2 Å². The molecule has 0 N–H and O–H groups in total. The molecule has 92 valence electrons. The molecule has 1 unspecified atom stereocenters. The lowest BCUT2D eigenvalue weighted by atomic mass is 10.2. The van der Waals surface area contributed by atoms with Gasteiger partial charge in [0, 0.05) is 6.61 Å². The number of rotatable bonds is 4. The number of hydrogen-bond acceptors (Lipinski definition) is 6. The average molecular weight is 232 g/mol. The van der Waals surface area contributed by atoms with Gasteiger partial charge in [0.15, 0.2) is 6.29 Å². The Bertz CT molecular complexity index is 230. The van der Waals surface area contributed by atoms with Crippen molar-refractivity contribution in [3.63, 3.8) is 0 Å². The van der Waals surface area contributed by atoms with Gasteiger partial charge in [-0.2, -0.15) is 0 Å². The third kappa shape index (κ3) is 3.46. The van der Waals surface area contributed by atoms with Gasteiger partial charge in [-0.15, -0.1) is 0 Å². The second-order valence-corrected chi connectivity index (χ2v) is 3.36. The zero-order chi connectivity index (χ0) is 12.0. The Morgan fingerprint density at radius 3 is 2.25 bits per heavy atom. The SMILES string of the molecule is COC(=O)C(OC1CCCCO1)C(=O)OC. The van der Waals surface area contributed by atoms with E-state index >= 15 is 0 Å². The van der Waals surface area contributed by atoms with E-state index in [1.54, 1.807) is 0 Å². The lowest BCUT2D eigenvalue weighted by molar-refractivity contribution is -0.210. The van der Waals surface area contributed by atoms with E-state index < -0.39 is 24.3 Å². The molecule has 0 spiro atoms. The predicted molar refractivity (Wildman–Crippen MR) is 52.5 cm³/mol. The molecule has 0 aromatic heterocycles. The van der Waals surface area contributed by atoms with Gasteiger partial charge in [-0.1, -0.05) is 0 Å². The highest BCUT2D eigenvalue weighted by Crippen LogP contribution is 2.16. The van der Waals surface area contributed by atoms with Crippen molar-refractivity contribution in [2.24, 2.45) is 0 Å². The number of carbonyl (C=O) groups is 2. The summed E-state index contributed by atoms with van der Waals surface area (Å²) in [4.78, 5) is 22.6. The summed E-state index contributed by atoms with van der Waals surface area (Å²) in [5, 5.41) is 0. The normalized spacial score (nSPS) is 20.6. The second kappa shape index (κ2) is 6.44. The molecule has 0 aromatic rings. The topological polar surface area (TPSA) is 71.1 Å². The van der Waals surface area contributed by atoms with Crippen molar-refractivity contribution in [1.29, 1.82) is 0 Å². The van der Waals surface area contributed by atoms with Gasteiger partial charge in [-0.05, 0) is 19.3 Å². The van der Waals surface area contributed by atoms with Crippen LogP contribution in [0.4, 0.5) is 0 Å². The molecular weight excluding hydrogens is 216 g/mol. The fraction of sp³-hybridized carbons (Fsp3) is 0.800. The molecule has 0 aromatic carbocycles. The maximum atomic E-state index is 11.3. The van der Waals surface area contributed by atoms with Crippen LogP contribution in [0.5, 0.6) is 0 Å². The molecule has 0 bridgehead atoms. The number of methoxy groups -OCH3 is 2. The van der Waals surface area contributed by atoms with E-state index in [2.05, 4.69) is 9.47 Å². The molecule has 0 aliphatic carbocycles. The largest absolute Gasteiger partial charge is 0.467 e. The van der Waals surface area contributed by atoms with Crippen molar-refractivity contribution in [1.82, 2.24) is 0 Å². The standard InChI is InChI=1S/C10H16O6/c1-13-9(11)8(10(12)14-2)16-7-5-3-4-6-15-7/h7-8H,3-6H2,1-2H3. The minimum absolute atomic E-state index is 0.544. The molecule has 1 saturated heterocycles. The first-order valence-electron chi connectivity index (χ1n) is 5.11. The zero-order valence-electron chi connectivity index (χ0n) is 9.43. The van der Waals surface area contributed by atoms with Gasteiger partial charge < -0.3 is 18.9 Å². The van der Waals surface area contributed by atoms with E-state index in [9.17, 15) is 9.59 Å². The van der Waals surface area contributed by atoms with Gasteiger partial charge >= 0.3 is 11.9 Å². The predicted octanol–water partition coefficient (Wildman–Crippen LogP) is 0.244. The van der Waals surface area contributed by atoms with Gasteiger partial charge in [0.05, 0.1) is 14.2 Å². The van der Waals surface area contributed by atoms with Gasteiger partial charge in [0.1, 0.15) is 0 Å². The van der Waals surface area contributed by atoms with Crippen LogP contribution in [0.2, 0.25) is 0 Å². The smallest absolute Gasteiger partial charge is 0.346 e. The molecule has 6 heteroatoms. The summed E-state index contributed by atoms with van der Waals surface area (Å²) in [7, 11) is 2.37. The van der Waals surface area contributed by atoms with Crippen LogP contribution in [0.15, 0.2) is 0 Å². The van der Waals surface area contributed by atoms with Crippen LogP contribution < -0.4 is 0 Å². The first-order chi connectivity index (χ1) is 7.69. The lowest BCUT2D eigenvalue weighted by Crippen LogP contribution is -2.39. The molecule has 0 radical (unpaired) electrons. The molecule has 1 aliphatic heterocycles. The summed E-state index contributed by atoms with van der Waals surface area (Å²) >= 11 is 0. The Morgan fingerprint density at radius 2 is 1.81 bits per heavy atom. The lowest BCUT2D eigenvalue weighted by Gasteiger charge is -2.25. The summed E-state index contributed by atoms with van der Waals surface area (Å²) in [6.45, 7) is 0.569. The quantitative estimate of drug-likeness (QED) is 0.511. The van der Waals surface area contributed by atoms with Crippen molar-refractivity contribution >= 4 is 11.9 Å². The molecule has 1 aliphatic rings. The Labute approximate surface area is 93.8 Å². The van der Waals surface area contributed by atoms with Crippen LogP contribution in [0.1, 0.15) is 19.3 Å². The van der Waals surface area contributed by atoms with Crippen LogP contribution in [-0.2, 0) is 28.5 Å². The molecule has 16 heavy (non-hydrogen) atoms. The fourth-order valence-corrected chi connectivity index (χ4v) is 1.39. The summed E-state index contributed by atoms with van der Waals surface area (Å²) in [5.41, 5.74) is 0. The van der Waals surface area contributed by atoms with Crippen LogP contribution in [0, 0.1) is 0 Å². The van der Waals surface area contributed by atoms with E-state index in [4.69, 9.17) is 9.47 Å². The van der Waals surface area contributed by atoms with E-state index in [1.807, 2.05) is 0 Å². The van der Waals surface area contributed by atoms with E-state index in [0.717, 1.165) is 12.8 Å².